The van der Waals surface area contributed by atoms with Crippen LogP contribution in [0.2, 0.25) is 0 Å². The van der Waals surface area contributed by atoms with Crippen molar-refractivity contribution >= 4 is 28.4 Å². The molecule has 1 aliphatic heterocycles. The SMILES string of the molecule is Cc1ccc(C(=O)c2c(C3=CNC(=O)N[C@@H]3c3ccccc3)oc3cc(C#N)c(C#N)cc23)cc1. The van der Waals surface area contributed by atoms with E-state index in [2.05, 4.69) is 10.6 Å². The van der Waals surface area contributed by atoms with E-state index >= 15 is 0 Å². The highest BCUT2D eigenvalue weighted by Crippen LogP contribution is 2.39. The van der Waals surface area contributed by atoms with Gasteiger partial charge < -0.3 is 15.1 Å². The number of hydrogen-bond donors (Lipinski definition) is 2. The summed E-state index contributed by atoms with van der Waals surface area (Å²) in [5.74, 6) is -0.0390. The minimum Gasteiger partial charge on any atom is -0.455 e. The van der Waals surface area contributed by atoms with Crippen molar-refractivity contribution in [3.05, 3.63) is 112 Å². The molecular weight excluding hydrogens is 440 g/mol. The molecular formula is C28H18N4O3. The molecule has 0 spiro atoms. The number of ketones is 1. The van der Waals surface area contributed by atoms with E-state index in [0.717, 1.165) is 11.1 Å². The lowest BCUT2D eigenvalue weighted by Gasteiger charge is -2.25. The van der Waals surface area contributed by atoms with Gasteiger partial charge in [-0.05, 0) is 18.6 Å². The molecule has 0 radical (unpaired) electrons. The van der Waals surface area contributed by atoms with Gasteiger partial charge in [0.1, 0.15) is 23.5 Å². The summed E-state index contributed by atoms with van der Waals surface area (Å²) in [4.78, 5) is 26.0. The summed E-state index contributed by atoms with van der Waals surface area (Å²) in [7, 11) is 0. The zero-order chi connectivity index (χ0) is 24.5. The third kappa shape index (κ3) is 3.82. The summed E-state index contributed by atoms with van der Waals surface area (Å²) in [6.07, 6.45) is 1.52. The van der Waals surface area contributed by atoms with Crippen molar-refractivity contribution in [1.29, 1.82) is 10.5 Å². The predicted octanol–water partition coefficient (Wildman–Crippen LogP) is 5.11. The molecule has 7 nitrogen and oxygen atoms in total. The molecule has 0 aliphatic carbocycles. The second kappa shape index (κ2) is 8.66. The van der Waals surface area contributed by atoms with Crippen molar-refractivity contribution in [2.45, 2.75) is 13.0 Å². The van der Waals surface area contributed by atoms with E-state index in [1.165, 1.54) is 18.3 Å². The Hall–Kier alpha value is -5.14. The number of rotatable bonds is 4. The van der Waals surface area contributed by atoms with Crippen LogP contribution >= 0.6 is 0 Å². The van der Waals surface area contributed by atoms with E-state index in [1.807, 2.05) is 61.5 Å². The Morgan fingerprint density at radius 2 is 1.66 bits per heavy atom. The van der Waals surface area contributed by atoms with Crippen LogP contribution in [0.1, 0.15) is 50.0 Å². The summed E-state index contributed by atoms with van der Waals surface area (Å²) < 4.78 is 6.19. The Balaban J connectivity index is 1.78. The third-order valence-corrected chi connectivity index (χ3v) is 5.95. The number of nitrogens with one attached hydrogen (secondary N) is 2. The first-order valence-corrected chi connectivity index (χ1v) is 10.8. The molecule has 7 heteroatoms. The van der Waals surface area contributed by atoms with Crippen molar-refractivity contribution in [3.8, 4) is 12.1 Å². The lowest BCUT2D eigenvalue weighted by Crippen LogP contribution is -2.40. The molecule has 35 heavy (non-hydrogen) atoms. The summed E-state index contributed by atoms with van der Waals surface area (Å²) in [6, 6.07) is 22.5. The highest BCUT2D eigenvalue weighted by atomic mass is 16.3. The number of urea groups is 1. The maximum absolute atomic E-state index is 13.8. The zero-order valence-corrected chi connectivity index (χ0v) is 18.6. The normalized spacial score (nSPS) is 14.9. The Labute approximate surface area is 200 Å². The van der Waals surface area contributed by atoms with E-state index in [9.17, 15) is 20.1 Å². The molecule has 4 aromatic rings. The van der Waals surface area contributed by atoms with Crippen molar-refractivity contribution in [2.24, 2.45) is 0 Å². The number of carbonyl (C=O) groups excluding carboxylic acids is 2. The van der Waals surface area contributed by atoms with Crippen LogP contribution in [0.4, 0.5) is 4.79 Å². The number of nitriles is 2. The zero-order valence-electron chi connectivity index (χ0n) is 18.6. The molecule has 1 atom stereocenters. The molecule has 5 rings (SSSR count). The predicted molar refractivity (Wildman–Crippen MR) is 129 cm³/mol. The second-order valence-corrected chi connectivity index (χ2v) is 8.18. The first-order valence-electron chi connectivity index (χ1n) is 10.8. The number of benzene rings is 3. The van der Waals surface area contributed by atoms with Gasteiger partial charge in [0.05, 0.1) is 22.7 Å². The molecule has 2 heterocycles. The molecule has 1 aliphatic rings. The standard InChI is InChI=1S/C28H18N4O3/c1-16-7-9-18(10-8-16)26(33)24-21-11-19(13-29)20(14-30)12-23(21)35-27(24)22-15-31-28(34)32-25(22)17-5-3-2-4-6-17/h2-12,15,25H,1H3,(H2,31,32,34)/t25-/m1/s1. The van der Waals surface area contributed by atoms with Gasteiger partial charge in [-0.25, -0.2) is 4.79 Å². The van der Waals surface area contributed by atoms with E-state index < -0.39 is 6.04 Å². The maximum Gasteiger partial charge on any atom is 0.319 e. The molecule has 0 saturated carbocycles. The van der Waals surface area contributed by atoms with Gasteiger partial charge in [-0.2, -0.15) is 10.5 Å². The summed E-state index contributed by atoms with van der Waals surface area (Å²) in [6.45, 7) is 1.93. The number of nitrogens with zero attached hydrogens (tertiary/aromatic N) is 2. The van der Waals surface area contributed by atoms with Crippen LogP contribution in [-0.2, 0) is 0 Å². The van der Waals surface area contributed by atoms with Gasteiger partial charge in [0.25, 0.3) is 0 Å². The van der Waals surface area contributed by atoms with Crippen molar-refractivity contribution < 1.29 is 14.0 Å². The van der Waals surface area contributed by atoms with Crippen LogP contribution in [0.5, 0.6) is 0 Å². The topological polar surface area (TPSA) is 119 Å². The van der Waals surface area contributed by atoms with E-state index in [4.69, 9.17) is 4.42 Å². The van der Waals surface area contributed by atoms with E-state index in [0.29, 0.717) is 22.1 Å². The van der Waals surface area contributed by atoms with Gasteiger partial charge in [0.15, 0.2) is 5.78 Å². The molecule has 0 bridgehead atoms. The van der Waals surface area contributed by atoms with Crippen LogP contribution in [-0.4, -0.2) is 11.8 Å². The average Bonchev–Trinajstić information content (AvgIpc) is 3.26. The van der Waals surface area contributed by atoms with E-state index in [1.54, 1.807) is 12.1 Å². The van der Waals surface area contributed by atoms with Crippen LogP contribution < -0.4 is 10.6 Å². The summed E-state index contributed by atoms with van der Waals surface area (Å²) in [5, 5.41) is 25.0. The Morgan fingerprint density at radius 3 is 2.34 bits per heavy atom. The Morgan fingerprint density at radius 1 is 0.971 bits per heavy atom. The molecule has 0 fully saturated rings. The Kier molecular flexibility index (Phi) is 5.37. The minimum atomic E-state index is -0.582. The molecule has 168 valence electrons. The smallest absolute Gasteiger partial charge is 0.319 e. The van der Waals surface area contributed by atoms with Gasteiger partial charge in [-0.1, -0.05) is 60.2 Å². The number of furan rings is 1. The van der Waals surface area contributed by atoms with Crippen LogP contribution in [0.3, 0.4) is 0 Å². The summed E-state index contributed by atoms with van der Waals surface area (Å²) in [5.41, 5.74) is 3.66. The number of carbonyl (C=O) groups is 2. The largest absolute Gasteiger partial charge is 0.455 e. The van der Waals surface area contributed by atoms with Crippen molar-refractivity contribution in [2.75, 3.05) is 0 Å². The molecule has 3 aromatic carbocycles. The quantitative estimate of drug-likeness (QED) is 0.412. The lowest BCUT2D eigenvalue weighted by atomic mass is 9.90. The van der Waals surface area contributed by atoms with Gasteiger partial charge in [0, 0.05) is 28.8 Å². The maximum atomic E-state index is 13.8. The fourth-order valence-electron chi connectivity index (χ4n) is 4.19. The van der Waals surface area contributed by atoms with Crippen molar-refractivity contribution in [3.63, 3.8) is 0 Å². The van der Waals surface area contributed by atoms with Gasteiger partial charge in [0.2, 0.25) is 0 Å². The fourth-order valence-corrected chi connectivity index (χ4v) is 4.19. The molecule has 1 aromatic heterocycles. The molecule has 2 N–H and O–H groups in total. The molecule has 0 saturated heterocycles. The molecule has 2 amide bonds. The summed E-state index contributed by atoms with van der Waals surface area (Å²) >= 11 is 0. The number of fused-ring (bicyclic) bond motifs is 1. The monoisotopic (exact) mass is 458 g/mol. The molecule has 0 unspecified atom stereocenters. The van der Waals surface area contributed by atoms with E-state index in [-0.39, 0.29) is 34.3 Å². The van der Waals surface area contributed by atoms with Crippen LogP contribution in [0.15, 0.2) is 77.3 Å². The highest BCUT2D eigenvalue weighted by Gasteiger charge is 2.32. The Bertz CT molecular complexity index is 1600. The first kappa shape index (κ1) is 21.7. The second-order valence-electron chi connectivity index (χ2n) is 8.18. The fraction of sp³-hybridized carbons (Fsp3) is 0.0714. The lowest BCUT2D eigenvalue weighted by molar-refractivity contribution is 0.103. The third-order valence-electron chi connectivity index (χ3n) is 5.95. The first-order chi connectivity index (χ1) is 17.0. The minimum absolute atomic E-state index is 0.147. The van der Waals surface area contributed by atoms with Gasteiger partial charge in [-0.15, -0.1) is 0 Å². The number of hydrogen-bond acceptors (Lipinski definition) is 5. The van der Waals surface area contributed by atoms with Crippen molar-refractivity contribution in [1.82, 2.24) is 10.6 Å². The van der Waals surface area contributed by atoms with Crippen LogP contribution in [0, 0.1) is 29.6 Å². The van der Waals surface area contributed by atoms with Gasteiger partial charge >= 0.3 is 6.03 Å². The average molecular weight is 458 g/mol. The highest BCUT2D eigenvalue weighted by molar-refractivity contribution is 6.19. The number of aryl methyl sites for hydroxylation is 1. The number of amides is 2. The van der Waals surface area contributed by atoms with Crippen LogP contribution in [0.25, 0.3) is 16.5 Å². The van der Waals surface area contributed by atoms with Gasteiger partial charge in [-0.3, -0.25) is 4.79 Å².